The van der Waals surface area contributed by atoms with E-state index in [1.54, 1.807) is 6.92 Å². The van der Waals surface area contributed by atoms with Gasteiger partial charge in [-0.15, -0.1) is 0 Å². The van der Waals surface area contributed by atoms with Crippen molar-refractivity contribution in [2.24, 2.45) is 0 Å². The highest BCUT2D eigenvalue weighted by molar-refractivity contribution is 9.10. The molecule has 1 aliphatic heterocycles. The van der Waals surface area contributed by atoms with Crippen LogP contribution in [0.5, 0.6) is 11.5 Å². The molecule has 0 atom stereocenters. The maximum atomic E-state index is 13.9. The molecule has 1 aliphatic rings. The fraction of sp³-hybridized carbons (Fsp3) is 0.273. The summed E-state index contributed by atoms with van der Waals surface area (Å²) < 4.78 is 28.4. The summed E-state index contributed by atoms with van der Waals surface area (Å²) in [5, 5.41) is 0. The van der Waals surface area contributed by atoms with Crippen LogP contribution < -0.4 is 9.47 Å². The van der Waals surface area contributed by atoms with E-state index in [4.69, 9.17) is 9.47 Å². The van der Waals surface area contributed by atoms with Crippen molar-refractivity contribution in [1.29, 1.82) is 0 Å². The topological polar surface area (TPSA) is 61.8 Å². The Labute approximate surface area is 110 Å². The summed E-state index contributed by atoms with van der Waals surface area (Å²) in [7, 11) is 0. The van der Waals surface area contributed by atoms with Crippen molar-refractivity contribution in [2.45, 2.75) is 6.92 Å². The molecule has 1 heterocycles. The molecule has 96 valence electrons. The highest BCUT2D eigenvalue weighted by atomic mass is 79.9. The molecule has 5 nitrogen and oxygen atoms in total. The van der Waals surface area contributed by atoms with Gasteiger partial charge in [-0.05, 0) is 28.9 Å². The number of carbonyl (C=O) groups is 2. The largest absolute Gasteiger partial charge is 0.460 e. The first kappa shape index (κ1) is 12.8. The van der Waals surface area contributed by atoms with Gasteiger partial charge in [-0.2, -0.15) is 0 Å². The average Bonchev–Trinajstić information content (AvgIpc) is 2.81. The van der Waals surface area contributed by atoms with Crippen molar-refractivity contribution in [3.05, 3.63) is 21.9 Å². The Balaban J connectivity index is 2.43. The minimum absolute atomic E-state index is 0.0396. The third kappa shape index (κ3) is 2.05. The Morgan fingerprint density at radius 1 is 1.50 bits per heavy atom. The Kier molecular flexibility index (Phi) is 3.51. The summed E-state index contributed by atoms with van der Waals surface area (Å²) in [5.41, 5.74) is -0.412. The summed E-state index contributed by atoms with van der Waals surface area (Å²) >= 11 is 2.95. The molecule has 2 rings (SSSR count). The normalized spacial score (nSPS) is 12.4. The van der Waals surface area contributed by atoms with Crippen LogP contribution in [-0.4, -0.2) is 25.2 Å². The number of carbonyl (C=O) groups excluding carboxylic acids is 2. The van der Waals surface area contributed by atoms with Gasteiger partial charge in [-0.1, -0.05) is 0 Å². The van der Waals surface area contributed by atoms with Crippen LogP contribution in [0.4, 0.5) is 4.39 Å². The second-order valence-electron chi connectivity index (χ2n) is 3.34. The molecule has 0 radical (unpaired) electrons. The van der Waals surface area contributed by atoms with E-state index in [9.17, 15) is 14.0 Å². The molecule has 0 amide bonds. The number of rotatable bonds is 3. The van der Waals surface area contributed by atoms with Crippen LogP contribution >= 0.6 is 15.9 Å². The first-order valence-electron chi connectivity index (χ1n) is 5.05. The lowest BCUT2D eigenvalue weighted by atomic mass is 10.1. The first-order chi connectivity index (χ1) is 8.56. The van der Waals surface area contributed by atoms with Crippen molar-refractivity contribution >= 4 is 27.7 Å². The molecule has 1 aromatic carbocycles. The molecule has 0 saturated heterocycles. The van der Waals surface area contributed by atoms with Gasteiger partial charge in [0.25, 0.3) is 5.78 Å². The summed E-state index contributed by atoms with van der Waals surface area (Å²) in [4.78, 5) is 23.0. The lowest BCUT2D eigenvalue weighted by Crippen LogP contribution is -2.19. The Hall–Kier alpha value is -1.63. The lowest BCUT2D eigenvalue weighted by molar-refractivity contribution is -0.137. The van der Waals surface area contributed by atoms with Gasteiger partial charge in [-0.25, -0.2) is 9.18 Å². The van der Waals surface area contributed by atoms with Crippen molar-refractivity contribution in [2.75, 3.05) is 13.4 Å². The third-order valence-corrected chi connectivity index (χ3v) is 2.96. The molecule has 0 unspecified atom stereocenters. The Morgan fingerprint density at radius 2 is 2.22 bits per heavy atom. The monoisotopic (exact) mass is 318 g/mol. The number of ketones is 1. The molecule has 0 fully saturated rings. The quantitative estimate of drug-likeness (QED) is 0.485. The van der Waals surface area contributed by atoms with E-state index in [2.05, 4.69) is 20.7 Å². The second-order valence-corrected chi connectivity index (χ2v) is 4.13. The van der Waals surface area contributed by atoms with Crippen molar-refractivity contribution in [3.8, 4) is 11.5 Å². The molecule has 18 heavy (non-hydrogen) atoms. The minimum atomic E-state index is -1.11. The van der Waals surface area contributed by atoms with E-state index in [1.807, 2.05) is 0 Å². The van der Waals surface area contributed by atoms with Crippen LogP contribution in [0, 0.1) is 5.82 Å². The molecule has 0 aliphatic carbocycles. The average molecular weight is 319 g/mol. The van der Waals surface area contributed by atoms with Crippen molar-refractivity contribution in [1.82, 2.24) is 0 Å². The number of hydrogen-bond acceptors (Lipinski definition) is 5. The molecule has 0 bridgehead atoms. The predicted octanol–water partition coefficient (Wildman–Crippen LogP) is 2.06. The number of ether oxygens (including phenoxy) is 3. The SMILES string of the molecule is CCOC(=O)C(=O)c1cc2c(c(Br)c1F)OCO2. The highest BCUT2D eigenvalue weighted by Crippen LogP contribution is 2.42. The van der Waals surface area contributed by atoms with E-state index < -0.39 is 23.1 Å². The van der Waals surface area contributed by atoms with Gasteiger partial charge in [0.15, 0.2) is 17.3 Å². The summed E-state index contributed by atoms with van der Waals surface area (Å²) in [6, 6.07) is 1.13. The van der Waals surface area contributed by atoms with Crippen molar-refractivity contribution < 1.29 is 28.2 Å². The molecular formula is C11H8BrFO5. The fourth-order valence-corrected chi connectivity index (χ4v) is 1.97. The predicted molar refractivity (Wildman–Crippen MR) is 61.2 cm³/mol. The molecule has 1 aromatic rings. The lowest BCUT2D eigenvalue weighted by Gasteiger charge is -2.06. The van der Waals surface area contributed by atoms with Crippen LogP contribution in [0.25, 0.3) is 0 Å². The van der Waals surface area contributed by atoms with E-state index in [1.165, 1.54) is 0 Å². The third-order valence-electron chi connectivity index (χ3n) is 2.25. The van der Waals surface area contributed by atoms with Gasteiger partial charge >= 0.3 is 5.97 Å². The van der Waals surface area contributed by atoms with E-state index >= 15 is 0 Å². The number of benzene rings is 1. The van der Waals surface area contributed by atoms with E-state index in [0.717, 1.165) is 6.07 Å². The number of fused-ring (bicyclic) bond motifs is 1. The number of esters is 1. The number of halogens is 2. The van der Waals surface area contributed by atoms with E-state index in [0.29, 0.717) is 0 Å². The summed E-state index contributed by atoms with van der Waals surface area (Å²) in [6.07, 6.45) is 0. The molecule has 0 saturated carbocycles. The van der Waals surface area contributed by atoms with Crippen LogP contribution in [0.2, 0.25) is 0 Å². The Bertz CT molecular complexity index is 529. The fourth-order valence-electron chi connectivity index (χ4n) is 1.45. The standard InChI is InChI=1S/C11H8BrFO5/c1-2-16-11(15)9(14)5-3-6-10(18-4-17-6)7(12)8(5)13/h3H,2,4H2,1H3. The van der Waals surface area contributed by atoms with Gasteiger partial charge < -0.3 is 14.2 Å². The van der Waals surface area contributed by atoms with Gasteiger partial charge in [0.2, 0.25) is 6.79 Å². The van der Waals surface area contributed by atoms with Crippen LogP contribution in [0.1, 0.15) is 17.3 Å². The van der Waals surface area contributed by atoms with Crippen LogP contribution in [0.3, 0.4) is 0 Å². The maximum absolute atomic E-state index is 13.9. The van der Waals surface area contributed by atoms with Gasteiger partial charge in [0.05, 0.1) is 12.2 Å². The van der Waals surface area contributed by atoms with Crippen LogP contribution in [0.15, 0.2) is 10.5 Å². The number of Topliss-reactive ketones (excluding diaryl/α,β-unsaturated/α-hetero) is 1. The van der Waals surface area contributed by atoms with Gasteiger partial charge in [0, 0.05) is 0 Å². The molecule has 0 aromatic heterocycles. The maximum Gasteiger partial charge on any atom is 0.379 e. The highest BCUT2D eigenvalue weighted by Gasteiger charge is 2.29. The van der Waals surface area contributed by atoms with Crippen molar-refractivity contribution in [3.63, 3.8) is 0 Å². The number of hydrogen-bond donors (Lipinski definition) is 0. The zero-order valence-corrected chi connectivity index (χ0v) is 10.9. The zero-order chi connectivity index (χ0) is 13.3. The van der Waals surface area contributed by atoms with Crippen LogP contribution in [-0.2, 0) is 9.53 Å². The summed E-state index contributed by atoms with van der Waals surface area (Å²) in [6.45, 7) is 1.53. The smallest absolute Gasteiger partial charge is 0.379 e. The Morgan fingerprint density at radius 3 is 2.89 bits per heavy atom. The molecule has 0 spiro atoms. The zero-order valence-electron chi connectivity index (χ0n) is 9.29. The van der Waals surface area contributed by atoms with Gasteiger partial charge in [0.1, 0.15) is 4.47 Å². The molecule has 0 N–H and O–H groups in total. The first-order valence-corrected chi connectivity index (χ1v) is 5.84. The second kappa shape index (κ2) is 4.93. The molecule has 7 heteroatoms. The van der Waals surface area contributed by atoms with Gasteiger partial charge in [-0.3, -0.25) is 4.79 Å². The minimum Gasteiger partial charge on any atom is -0.460 e. The van der Waals surface area contributed by atoms with E-state index in [-0.39, 0.29) is 29.4 Å². The molecular weight excluding hydrogens is 311 g/mol. The summed E-state index contributed by atoms with van der Waals surface area (Å²) in [5.74, 6) is -2.67.